The van der Waals surface area contributed by atoms with Gasteiger partial charge in [0.1, 0.15) is 18.3 Å². The summed E-state index contributed by atoms with van der Waals surface area (Å²) in [6, 6.07) is 12.1. The Morgan fingerprint density at radius 3 is 2.16 bits per heavy atom. The number of carbonyl (C=O) groups is 2. The quantitative estimate of drug-likeness (QED) is 0.528. The van der Waals surface area contributed by atoms with Crippen LogP contribution in [0.25, 0.3) is 0 Å². The van der Waals surface area contributed by atoms with Crippen LogP contribution in [0.1, 0.15) is 39.2 Å². The second kappa shape index (κ2) is 11.9. The van der Waals surface area contributed by atoms with Gasteiger partial charge in [0.05, 0.1) is 0 Å². The minimum absolute atomic E-state index is 0.153. The van der Waals surface area contributed by atoms with Gasteiger partial charge in [0.25, 0.3) is 0 Å². The number of amides is 2. The van der Waals surface area contributed by atoms with E-state index >= 15 is 0 Å². The van der Waals surface area contributed by atoms with Crippen molar-refractivity contribution in [1.29, 1.82) is 0 Å². The lowest BCUT2D eigenvalue weighted by molar-refractivity contribution is 0.0240. The average molecular weight is 532 g/mol. The summed E-state index contributed by atoms with van der Waals surface area (Å²) < 4.78 is 45.8. The Morgan fingerprint density at radius 2 is 1.53 bits per heavy atom. The van der Waals surface area contributed by atoms with Crippen LogP contribution < -0.4 is 9.64 Å². The maximum atomic E-state index is 14.6. The molecule has 8 nitrogen and oxygen atoms in total. The number of hydrogen-bond donors (Lipinski definition) is 0. The summed E-state index contributed by atoms with van der Waals surface area (Å²) in [6.07, 6.45) is -0.208. The summed E-state index contributed by atoms with van der Waals surface area (Å²) in [7, 11) is 0. The maximum absolute atomic E-state index is 14.6. The summed E-state index contributed by atoms with van der Waals surface area (Å²) in [5.74, 6) is -2.18. The summed E-state index contributed by atoms with van der Waals surface area (Å²) in [5, 5.41) is 0. The molecule has 0 saturated carbocycles. The number of carbonyl (C=O) groups excluding carboxylic acids is 2. The Labute approximate surface area is 222 Å². The Kier molecular flexibility index (Phi) is 8.58. The van der Waals surface area contributed by atoms with Gasteiger partial charge in [-0.05, 0) is 26.3 Å². The number of likely N-dealkylation sites (tertiary alicyclic amines) is 1. The Hall–Kier alpha value is -3.56. The third-order valence-corrected chi connectivity index (χ3v) is 6.48. The third kappa shape index (κ3) is 7.26. The van der Waals surface area contributed by atoms with Crippen LogP contribution >= 0.6 is 0 Å². The summed E-state index contributed by atoms with van der Waals surface area (Å²) in [4.78, 5) is 29.8. The van der Waals surface area contributed by atoms with Crippen molar-refractivity contribution in [2.75, 3.05) is 44.2 Å². The van der Waals surface area contributed by atoms with Gasteiger partial charge < -0.3 is 28.9 Å². The molecule has 2 aliphatic heterocycles. The predicted molar refractivity (Wildman–Crippen MR) is 138 cm³/mol. The van der Waals surface area contributed by atoms with E-state index in [9.17, 15) is 18.4 Å². The van der Waals surface area contributed by atoms with Crippen LogP contribution in [0.5, 0.6) is 5.75 Å². The molecule has 10 heteroatoms. The van der Waals surface area contributed by atoms with Crippen molar-refractivity contribution in [2.24, 2.45) is 0 Å². The number of piperidine rings is 1. The number of halogens is 2. The third-order valence-electron chi connectivity index (χ3n) is 6.48. The molecule has 0 N–H and O–H groups in total. The fraction of sp³-hybridized carbons (Fsp3) is 0.500. The topological polar surface area (TPSA) is 71.6 Å². The van der Waals surface area contributed by atoms with Crippen LogP contribution in [0, 0.1) is 11.6 Å². The zero-order valence-corrected chi connectivity index (χ0v) is 22.1. The van der Waals surface area contributed by atoms with Crippen LogP contribution in [-0.4, -0.2) is 73.0 Å². The molecule has 0 bridgehead atoms. The first-order chi connectivity index (χ1) is 18.1. The number of hydrogen-bond acceptors (Lipinski definition) is 6. The van der Waals surface area contributed by atoms with E-state index in [0.29, 0.717) is 57.8 Å². The molecule has 0 spiro atoms. The van der Waals surface area contributed by atoms with Crippen molar-refractivity contribution >= 4 is 17.9 Å². The van der Waals surface area contributed by atoms with Gasteiger partial charge in [0.15, 0.2) is 11.6 Å². The van der Waals surface area contributed by atoms with Gasteiger partial charge >= 0.3 is 12.2 Å². The summed E-state index contributed by atoms with van der Waals surface area (Å²) in [5.41, 5.74) is 0.812. The van der Waals surface area contributed by atoms with Gasteiger partial charge in [-0.1, -0.05) is 30.3 Å². The van der Waals surface area contributed by atoms with Crippen LogP contribution in [0.4, 0.5) is 24.1 Å². The first-order valence-corrected chi connectivity index (χ1v) is 12.9. The van der Waals surface area contributed by atoms with Crippen LogP contribution in [-0.2, 0) is 16.1 Å². The molecule has 38 heavy (non-hydrogen) atoms. The SMILES string of the molecule is CC(C)(C)OC(=O)N1CCN(c2cc(F)c(F)c(OC3CCN(C(=O)OCc4ccccc4)CC3)c2)CC1. The molecule has 0 aliphatic carbocycles. The molecular formula is C28H35F2N3O5. The molecule has 0 radical (unpaired) electrons. The highest BCUT2D eigenvalue weighted by Crippen LogP contribution is 2.30. The molecule has 0 aromatic heterocycles. The smallest absolute Gasteiger partial charge is 0.410 e. The van der Waals surface area contributed by atoms with Gasteiger partial charge in [-0.25, -0.2) is 14.0 Å². The molecule has 4 rings (SSSR count). The average Bonchev–Trinajstić information content (AvgIpc) is 2.90. The largest absolute Gasteiger partial charge is 0.487 e. The number of piperazine rings is 1. The lowest BCUT2D eigenvalue weighted by atomic mass is 10.1. The number of nitrogens with zero attached hydrogens (tertiary/aromatic N) is 3. The van der Waals surface area contributed by atoms with Crippen molar-refractivity contribution in [3.8, 4) is 5.75 Å². The highest BCUT2D eigenvalue weighted by atomic mass is 19.2. The van der Waals surface area contributed by atoms with Gasteiger partial charge in [-0.2, -0.15) is 4.39 Å². The first kappa shape index (κ1) is 27.5. The molecule has 2 aromatic carbocycles. The molecule has 0 atom stereocenters. The van der Waals surface area contributed by atoms with Crippen molar-refractivity contribution in [3.63, 3.8) is 0 Å². The van der Waals surface area contributed by atoms with E-state index < -0.39 is 23.3 Å². The number of benzene rings is 2. The van der Waals surface area contributed by atoms with Gasteiger partial charge in [-0.15, -0.1) is 0 Å². The lowest BCUT2D eigenvalue weighted by Gasteiger charge is -2.37. The van der Waals surface area contributed by atoms with E-state index in [2.05, 4.69) is 0 Å². The Balaban J connectivity index is 1.29. The van der Waals surface area contributed by atoms with E-state index in [1.807, 2.05) is 56.0 Å². The fourth-order valence-electron chi connectivity index (χ4n) is 4.44. The molecule has 2 aromatic rings. The number of anilines is 1. The van der Waals surface area contributed by atoms with E-state index in [1.165, 1.54) is 6.07 Å². The first-order valence-electron chi connectivity index (χ1n) is 12.9. The molecular weight excluding hydrogens is 496 g/mol. The van der Waals surface area contributed by atoms with Crippen molar-refractivity contribution in [3.05, 3.63) is 59.7 Å². The van der Waals surface area contributed by atoms with E-state index in [-0.39, 0.29) is 24.6 Å². The van der Waals surface area contributed by atoms with Gasteiger partial charge in [0, 0.05) is 69.9 Å². The van der Waals surface area contributed by atoms with Crippen LogP contribution in [0.3, 0.4) is 0 Å². The van der Waals surface area contributed by atoms with Gasteiger partial charge in [0.2, 0.25) is 5.82 Å². The molecule has 2 heterocycles. The Morgan fingerprint density at radius 1 is 0.895 bits per heavy atom. The fourth-order valence-corrected chi connectivity index (χ4v) is 4.44. The minimum Gasteiger partial charge on any atom is -0.487 e. The zero-order chi connectivity index (χ0) is 27.3. The summed E-state index contributed by atoms with van der Waals surface area (Å²) in [6.45, 7) is 8.14. The van der Waals surface area contributed by atoms with Crippen LogP contribution in [0.2, 0.25) is 0 Å². The van der Waals surface area contributed by atoms with Crippen molar-refractivity contribution < 1.29 is 32.6 Å². The maximum Gasteiger partial charge on any atom is 0.410 e. The van der Waals surface area contributed by atoms with Gasteiger partial charge in [-0.3, -0.25) is 0 Å². The van der Waals surface area contributed by atoms with E-state index in [1.54, 1.807) is 9.80 Å². The molecule has 206 valence electrons. The minimum atomic E-state index is -1.04. The van der Waals surface area contributed by atoms with Crippen LogP contribution in [0.15, 0.2) is 42.5 Å². The molecule has 2 amide bonds. The second-order valence-corrected chi connectivity index (χ2v) is 10.5. The highest BCUT2D eigenvalue weighted by molar-refractivity contribution is 5.69. The Bertz CT molecular complexity index is 1110. The molecule has 2 saturated heterocycles. The monoisotopic (exact) mass is 531 g/mol. The van der Waals surface area contributed by atoms with E-state index in [4.69, 9.17) is 14.2 Å². The van der Waals surface area contributed by atoms with E-state index in [0.717, 1.165) is 11.6 Å². The zero-order valence-electron chi connectivity index (χ0n) is 22.1. The standard InChI is InChI=1S/C28H35F2N3O5/c1-28(2,3)38-27(35)33-15-13-31(14-16-33)21-17-23(29)25(30)24(18-21)37-22-9-11-32(12-10-22)26(34)36-19-20-7-5-4-6-8-20/h4-8,17-18,22H,9-16,19H2,1-3H3. The molecule has 2 fully saturated rings. The lowest BCUT2D eigenvalue weighted by Crippen LogP contribution is -2.50. The summed E-state index contributed by atoms with van der Waals surface area (Å²) >= 11 is 0. The normalized spacial score (nSPS) is 16.8. The molecule has 2 aliphatic rings. The van der Waals surface area contributed by atoms with Crippen molar-refractivity contribution in [1.82, 2.24) is 9.80 Å². The number of rotatable bonds is 5. The number of ether oxygens (including phenoxy) is 3. The molecule has 0 unspecified atom stereocenters. The predicted octanol–water partition coefficient (Wildman–Crippen LogP) is 5.20. The second-order valence-electron chi connectivity index (χ2n) is 10.5. The van der Waals surface area contributed by atoms with Crippen molar-refractivity contribution in [2.45, 2.75) is 51.9 Å². The highest BCUT2D eigenvalue weighted by Gasteiger charge is 2.29.